The quantitative estimate of drug-likeness (QED) is 0.765. The van der Waals surface area contributed by atoms with E-state index in [9.17, 15) is 0 Å². The smallest absolute Gasteiger partial charge is 0.141 e. The number of nitrogens with zero attached hydrogens (tertiary/aromatic N) is 3. The monoisotopic (exact) mass is 258 g/mol. The Bertz CT molecular complexity index is 322. The van der Waals surface area contributed by atoms with Crippen LogP contribution in [-0.2, 0) is 6.54 Å². The van der Waals surface area contributed by atoms with Gasteiger partial charge in [-0.2, -0.15) is 5.10 Å². The number of halogens is 1. The van der Waals surface area contributed by atoms with Crippen LogP contribution in [0, 0.1) is 5.92 Å². The molecule has 1 unspecified atom stereocenters. The minimum absolute atomic E-state index is 0.186. The van der Waals surface area contributed by atoms with Crippen LogP contribution in [0.25, 0.3) is 0 Å². The average molecular weight is 259 g/mol. The second-order valence-corrected chi connectivity index (χ2v) is 5.69. The maximum Gasteiger partial charge on any atom is 0.141 e. The lowest BCUT2D eigenvalue weighted by Gasteiger charge is -2.14. The summed E-state index contributed by atoms with van der Waals surface area (Å²) in [5, 5.41) is 7.71. The minimum atomic E-state index is 0.186. The normalized spacial score (nSPS) is 13.6. The molecule has 0 radical (unpaired) electrons. The Balaban J connectivity index is 2.33. The third-order valence-corrected chi connectivity index (χ3v) is 2.84. The molecule has 1 aromatic heterocycles. The number of nitrogens with one attached hydrogen (secondary N) is 1. The van der Waals surface area contributed by atoms with Gasteiger partial charge >= 0.3 is 0 Å². The van der Waals surface area contributed by atoms with Crippen molar-refractivity contribution in [3.63, 3.8) is 0 Å². The molecule has 0 bridgehead atoms. The van der Waals surface area contributed by atoms with Crippen molar-refractivity contribution >= 4 is 11.6 Å². The molecule has 0 amide bonds. The number of hydrogen-bond donors (Lipinski definition) is 1. The Morgan fingerprint density at radius 1 is 1.35 bits per heavy atom. The minimum Gasteiger partial charge on any atom is -0.308 e. The molecule has 0 saturated carbocycles. The summed E-state index contributed by atoms with van der Waals surface area (Å²) >= 11 is 6.21. The van der Waals surface area contributed by atoms with Crippen LogP contribution in [0.15, 0.2) is 6.33 Å². The highest BCUT2D eigenvalue weighted by Crippen LogP contribution is 2.10. The summed E-state index contributed by atoms with van der Waals surface area (Å²) in [5.41, 5.74) is 0. The van der Waals surface area contributed by atoms with Crippen LogP contribution in [0.3, 0.4) is 0 Å². The molecule has 1 aromatic rings. The van der Waals surface area contributed by atoms with Crippen LogP contribution in [0.1, 0.15) is 46.0 Å². The van der Waals surface area contributed by atoms with Gasteiger partial charge in [-0.05, 0) is 26.2 Å². The van der Waals surface area contributed by atoms with Gasteiger partial charge in [0.25, 0.3) is 0 Å². The topological polar surface area (TPSA) is 42.7 Å². The third-order valence-electron chi connectivity index (χ3n) is 2.51. The first kappa shape index (κ1) is 14.5. The fourth-order valence-corrected chi connectivity index (χ4v) is 2.23. The SMILES string of the molecule is CC(C)CC(Cl)CNCc1ncnn1C(C)C. The number of rotatable bonds is 7. The second-order valence-electron chi connectivity index (χ2n) is 5.07. The molecule has 4 nitrogen and oxygen atoms in total. The molecule has 0 spiro atoms. The number of aromatic nitrogens is 3. The van der Waals surface area contributed by atoms with Gasteiger partial charge < -0.3 is 5.32 Å². The van der Waals surface area contributed by atoms with Crippen molar-refractivity contribution in [2.75, 3.05) is 6.54 Å². The molecule has 1 atom stereocenters. The summed E-state index contributed by atoms with van der Waals surface area (Å²) < 4.78 is 1.93. The lowest BCUT2D eigenvalue weighted by Crippen LogP contribution is -2.26. The summed E-state index contributed by atoms with van der Waals surface area (Å²) in [4.78, 5) is 4.24. The average Bonchev–Trinajstić information content (AvgIpc) is 2.64. The van der Waals surface area contributed by atoms with E-state index in [1.807, 2.05) is 4.68 Å². The van der Waals surface area contributed by atoms with Crippen molar-refractivity contribution in [1.29, 1.82) is 0 Å². The summed E-state index contributed by atoms with van der Waals surface area (Å²) in [6, 6.07) is 0.344. The van der Waals surface area contributed by atoms with Crippen molar-refractivity contribution in [2.45, 2.75) is 52.1 Å². The van der Waals surface area contributed by atoms with Crippen LogP contribution in [0.2, 0.25) is 0 Å². The molecule has 0 fully saturated rings. The van der Waals surface area contributed by atoms with Gasteiger partial charge in [0.15, 0.2) is 0 Å². The predicted molar refractivity (Wildman–Crippen MR) is 71.2 cm³/mol. The summed E-state index contributed by atoms with van der Waals surface area (Å²) in [5.74, 6) is 1.60. The first-order chi connectivity index (χ1) is 8.00. The highest BCUT2D eigenvalue weighted by Gasteiger charge is 2.09. The molecular weight excluding hydrogens is 236 g/mol. The van der Waals surface area contributed by atoms with Crippen LogP contribution >= 0.6 is 11.6 Å². The molecule has 0 saturated heterocycles. The van der Waals surface area contributed by atoms with E-state index in [-0.39, 0.29) is 5.38 Å². The molecule has 0 aliphatic rings. The largest absolute Gasteiger partial charge is 0.308 e. The molecule has 1 heterocycles. The van der Waals surface area contributed by atoms with Gasteiger partial charge in [0.05, 0.1) is 6.54 Å². The van der Waals surface area contributed by atoms with E-state index in [1.54, 1.807) is 6.33 Å². The second kappa shape index (κ2) is 6.97. The molecule has 1 N–H and O–H groups in total. The first-order valence-electron chi connectivity index (χ1n) is 6.23. The third kappa shape index (κ3) is 5.04. The first-order valence-corrected chi connectivity index (χ1v) is 6.67. The fraction of sp³-hybridized carbons (Fsp3) is 0.833. The highest BCUT2D eigenvalue weighted by molar-refractivity contribution is 6.20. The highest BCUT2D eigenvalue weighted by atomic mass is 35.5. The maximum atomic E-state index is 6.21. The van der Waals surface area contributed by atoms with E-state index in [4.69, 9.17) is 11.6 Å². The summed E-state index contributed by atoms with van der Waals surface area (Å²) in [6.45, 7) is 10.1. The van der Waals surface area contributed by atoms with Crippen LogP contribution < -0.4 is 5.32 Å². The van der Waals surface area contributed by atoms with Gasteiger partial charge in [0.2, 0.25) is 0 Å². The van der Waals surface area contributed by atoms with Crippen LogP contribution in [0.4, 0.5) is 0 Å². The van der Waals surface area contributed by atoms with E-state index >= 15 is 0 Å². The van der Waals surface area contributed by atoms with Gasteiger partial charge in [0, 0.05) is 18.0 Å². The molecule has 0 aliphatic heterocycles. The van der Waals surface area contributed by atoms with Crippen molar-refractivity contribution in [2.24, 2.45) is 5.92 Å². The molecule has 5 heteroatoms. The van der Waals surface area contributed by atoms with Crippen LogP contribution in [-0.4, -0.2) is 26.7 Å². The fourth-order valence-electron chi connectivity index (χ4n) is 1.77. The van der Waals surface area contributed by atoms with E-state index in [2.05, 4.69) is 43.1 Å². The Hall–Kier alpha value is -0.610. The van der Waals surface area contributed by atoms with Gasteiger partial charge in [-0.3, -0.25) is 0 Å². The lowest BCUT2D eigenvalue weighted by atomic mass is 10.1. The van der Waals surface area contributed by atoms with Crippen molar-refractivity contribution in [3.8, 4) is 0 Å². The van der Waals surface area contributed by atoms with Crippen molar-refractivity contribution < 1.29 is 0 Å². The zero-order chi connectivity index (χ0) is 12.8. The molecular formula is C12H23ClN4. The lowest BCUT2D eigenvalue weighted by molar-refractivity contribution is 0.480. The standard InChI is InChI=1S/C12H23ClN4/c1-9(2)5-11(13)6-14-7-12-15-8-16-17(12)10(3)4/h8-11,14H,5-7H2,1-4H3. The van der Waals surface area contributed by atoms with E-state index in [1.165, 1.54) is 0 Å². The molecule has 1 rings (SSSR count). The Morgan fingerprint density at radius 3 is 2.65 bits per heavy atom. The van der Waals surface area contributed by atoms with Crippen molar-refractivity contribution in [3.05, 3.63) is 12.2 Å². The van der Waals surface area contributed by atoms with E-state index in [0.29, 0.717) is 12.0 Å². The molecule has 17 heavy (non-hydrogen) atoms. The predicted octanol–water partition coefficient (Wildman–Crippen LogP) is 2.60. The zero-order valence-electron chi connectivity index (χ0n) is 11.2. The number of alkyl halides is 1. The molecule has 0 aromatic carbocycles. The summed E-state index contributed by atoms with van der Waals surface area (Å²) in [7, 11) is 0. The van der Waals surface area contributed by atoms with Gasteiger partial charge in [-0.25, -0.2) is 9.67 Å². The Kier molecular flexibility index (Phi) is 5.92. The van der Waals surface area contributed by atoms with Gasteiger partial charge in [-0.1, -0.05) is 13.8 Å². The van der Waals surface area contributed by atoms with Crippen LogP contribution in [0.5, 0.6) is 0 Å². The molecule has 98 valence electrons. The summed E-state index contributed by atoms with van der Waals surface area (Å²) in [6.07, 6.45) is 2.63. The van der Waals surface area contributed by atoms with Gasteiger partial charge in [0.1, 0.15) is 12.2 Å². The van der Waals surface area contributed by atoms with Gasteiger partial charge in [-0.15, -0.1) is 11.6 Å². The van der Waals surface area contributed by atoms with E-state index in [0.717, 1.165) is 25.3 Å². The Morgan fingerprint density at radius 2 is 2.06 bits per heavy atom. The number of hydrogen-bond acceptors (Lipinski definition) is 3. The zero-order valence-corrected chi connectivity index (χ0v) is 11.9. The van der Waals surface area contributed by atoms with Crippen molar-refractivity contribution in [1.82, 2.24) is 20.1 Å². The Labute approximate surface area is 109 Å². The maximum absolute atomic E-state index is 6.21. The van der Waals surface area contributed by atoms with E-state index < -0.39 is 0 Å². The molecule has 0 aliphatic carbocycles.